The quantitative estimate of drug-likeness (QED) is 0.877. The van der Waals surface area contributed by atoms with Crippen molar-refractivity contribution < 1.29 is 0 Å². The van der Waals surface area contributed by atoms with Crippen molar-refractivity contribution in [1.29, 1.82) is 0 Å². The molecule has 0 heterocycles. The van der Waals surface area contributed by atoms with E-state index >= 15 is 0 Å². The van der Waals surface area contributed by atoms with Gasteiger partial charge in [-0.05, 0) is 30.9 Å². The number of halogens is 1. The molecule has 2 rings (SSSR count). The van der Waals surface area contributed by atoms with Gasteiger partial charge >= 0.3 is 0 Å². The lowest BCUT2D eigenvalue weighted by Gasteiger charge is -2.09. The predicted molar refractivity (Wildman–Crippen MR) is 68.4 cm³/mol. The lowest BCUT2D eigenvalue weighted by molar-refractivity contribution is 0.706. The molecule has 2 unspecified atom stereocenters. The fourth-order valence-electron chi connectivity index (χ4n) is 1.95. The van der Waals surface area contributed by atoms with E-state index in [1.165, 1.54) is 18.4 Å². The van der Waals surface area contributed by atoms with Crippen LogP contribution in [0, 0.1) is 0 Å². The molecule has 1 aromatic rings. The minimum atomic E-state index is 0.425. The number of hydrogen-bond donors (Lipinski definition) is 1. The Morgan fingerprint density at radius 3 is 2.80 bits per heavy atom. The van der Waals surface area contributed by atoms with Crippen molar-refractivity contribution in [3.8, 4) is 0 Å². The molecule has 0 saturated heterocycles. The third-order valence-corrected chi connectivity index (χ3v) is 4.60. The van der Waals surface area contributed by atoms with Crippen molar-refractivity contribution in [2.45, 2.75) is 36.3 Å². The second-order valence-corrected chi connectivity index (χ2v) is 5.79. The van der Waals surface area contributed by atoms with Crippen molar-refractivity contribution in [3.05, 3.63) is 34.9 Å². The van der Waals surface area contributed by atoms with E-state index in [2.05, 4.69) is 6.07 Å². The first-order valence-electron chi connectivity index (χ1n) is 5.36. The fraction of sp³-hybridized carbons (Fsp3) is 0.500. The third-order valence-electron chi connectivity index (χ3n) is 2.86. The average molecular weight is 242 g/mol. The van der Waals surface area contributed by atoms with Gasteiger partial charge in [0.2, 0.25) is 0 Å². The molecule has 1 aromatic carbocycles. The molecular formula is C12H16ClNS. The zero-order valence-corrected chi connectivity index (χ0v) is 10.2. The van der Waals surface area contributed by atoms with E-state index in [0.717, 1.165) is 22.4 Å². The monoisotopic (exact) mass is 241 g/mol. The van der Waals surface area contributed by atoms with E-state index in [9.17, 15) is 0 Å². The minimum Gasteiger partial charge on any atom is -0.328 e. The zero-order valence-electron chi connectivity index (χ0n) is 8.66. The summed E-state index contributed by atoms with van der Waals surface area (Å²) >= 11 is 8.09. The SMILES string of the molecule is NC1CCC(SCc2ccccc2Cl)C1. The van der Waals surface area contributed by atoms with Crippen LogP contribution in [-0.2, 0) is 5.75 Å². The normalized spacial score (nSPS) is 25.7. The first-order valence-corrected chi connectivity index (χ1v) is 6.79. The van der Waals surface area contributed by atoms with Crippen LogP contribution < -0.4 is 5.73 Å². The summed E-state index contributed by atoms with van der Waals surface area (Å²) in [5, 5.41) is 1.61. The number of rotatable bonds is 3. The topological polar surface area (TPSA) is 26.0 Å². The van der Waals surface area contributed by atoms with E-state index in [1.807, 2.05) is 30.0 Å². The van der Waals surface area contributed by atoms with E-state index < -0.39 is 0 Å². The van der Waals surface area contributed by atoms with Crippen LogP contribution in [0.3, 0.4) is 0 Å². The molecule has 1 saturated carbocycles. The summed E-state index contributed by atoms with van der Waals surface area (Å²) in [6.45, 7) is 0. The molecule has 0 bridgehead atoms. The summed E-state index contributed by atoms with van der Waals surface area (Å²) in [7, 11) is 0. The highest BCUT2D eigenvalue weighted by Gasteiger charge is 2.21. The standard InChI is InChI=1S/C12H16ClNS/c13-12-4-2-1-3-9(12)8-15-11-6-5-10(14)7-11/h1-4,10-11H,5-8,14H2. The van der Waals surface area contributed by atoms with Crippen molar-refractivity contribution in [2.75, 3.05) is 0 Å². The Bertz CT molecular complexity index is 329. The van der Waals surface area contributed by atoms with E-state index in [4.69, 9.17) is 17.3 Å². The maximum atomic E-state index is 6.10. The fourth-order valence-corrected chi connectivity index (χ4v) is 3.58. The van der Waals surface area contributed by atoms with Crippen LogP contribution in [0.25, 0.3) is 0 Å². The molecule has 1 aliphatic carbocycles. The Morgan fingerprint density at radius 1 is 1.33 bits per heavy atom. The van der Waals surface area contributed by atoms with Gasteiger partial charge in [-0.25, -0.2) is 0 Å². The molecule has 1 fully saturated rings. The Hall–Kier alpha value is -0.180. The van der Waals surface area contributed by atoms with Crippen molar-refractivity contribution in [1.82, 2.24) is 0 Å². The summed E-state index contributed by atoms with van der Waals surface area (Å²) in [6.07, 6.45) is 3.60. The average Bonchev–Trinajstić information content (AvgIpc) is 2.63. The minimum absolute atomic E-state index is 0.425. The molecule has 0 aromatic heterocycles. The van der Waals surface area contributed by atoms with Gasteiger partial charge in [0, 0.05) is 22.1 Å². The Kier molecular flexibility index (Phi) is 3.95. The molecular weight excluding hydrogens is 226 g/mol. The maximum Gasteiger partial charge on any atom is 0.0446 e. The molecule has 2 N–H and O–H groups in total. The van der Waals surface area contributed by atoms with E-state index in [-0.39, 0.29) is 0 Å². The number of hydrogen-bond acceptors (Lipinski definition) is 2. The molecule has 1 aliphatic rings. The summed E-state index contributed by atoms with van der Waals surface area (Å²) in [6, 6.07) is 8.50. The zero-order chi connectivity index (χ0) is 10.7. The van der Waals surface area contributed by atoms with Gasteiger partial charge in [0.1, 0.15) is 0 Å². The van der Waals surface area contributed by atoms with Crippen LogP contribution in [0.5, 0.6) is 0 Å². The molecule has 0 aliphatic heterocycles. The highest BCUT2D eigenvalue weighted by molar-refractivity contribution is 7.99. The lowest BCUT2D eigenvalue weighted by atomic mass is 10.2. The first-order chi connectivity index (χ1) is 7.25. The van der Waals surface area contributed by atoms with Crippen LogP contribution in [0.1, 0.15) is 24.8 Å². The van der Waals surface area contributed by atoms with Crippen LogP contribution in [0.4, 0.5) is 0 Å². The van der Waals surface area contributed by atoms with Gasteiger partial charge in [-0.2, -0.15) is 11.8 Å². The summed E-state index contributed by atoms with van der Waals surface area (Å²) in [4.78, 5) is 0. The number of thioether (sulfide) groups is 1. The second kappa shape index (κ2) is 5.24. The summed E-state index contributed by atoms with van der Waals surface area (Å²) in [5.41, 5.74) is 7.12. The third kappa shape index (κ3) is 3.13. The van der Waals surface area contributed by atoms with Gasteiger partial charge in [0.25, 0.3) is 0 Å². The van der Waals surface area contributed by atoms with Crippen LogP contribution in [-0.4, -0.2) is 11.3 Å². The predicted octanol–water partition coefficient (Wildman–Crippen LogP) is 3.45. The van der Waals surface area contributed by atoms with Gasteiger partial charge in [0.05, 0.1) is 0 Å². The number of nitrogens with two attached hydrogens (primary N) is 1. The van der Waals surface area contributed by atoms with E-state index in [1.54, 1.807) is 0 Å². The van der Waals surface area contributed by atoms with E-state index in [0.29, 0.717) is 6.04 Å². The highest BCUT2D eigenvalue weighted by Crippen LogP contribution is 2.32. The molecule has 1 nitrogen and oxygen atoms in total. The smallest absolute Gasteiger partial charge is 0.0446 e. The highest BCUT2D eigenvalue weighted by atomic mass is 35.5. The maximum absolute atomic E-state index is 6.10. The summed E-state index contributed by atoms with van der Waals surface area (Å²) in [5.74, 6) is 1.01. The molecule has 0 amide bonds. The van der Waals surface area contributed by atoms with Crippen molar-refractivity contribution >= 4 is 23.4 Å². The molecule has 0 spiro atoms. The molecule has 0 radical (unpaired) electrons. The van der Waals surface area contributed by atoms with Crippen molar-refractivity contribution in [3.63, 3.8) is 0 Å². The largest absolute Gasteiger partial charge is 0.328 e. The van der Waals surface area contributed by atoms with Gasteiger partial charge in [0.15, 0.2) is 0 Å². The van der Waals surface area contributed by atoms with Gasteiger partial charge < -0.3 is 5.73 Å². The lowest BCUT2D eigenvalue weighted by Crippen LogP contribution is -2.15. The molecule has 3 heteroatoms. The van der Waals surface area contributed by atoms with Gasteiger partial charge in [-0.3, -0.25) is 0 Å². The Labute approximate surface area is 100 Å². The Balaban J connectivity index is 1.86. The molecule has 2 atom stereocenters. The first kappa shape index (κ1) is 11.3. The van der Waals surface area contributed by atoms with Crippen LogP contribution >= 0.6 is 23.4 Å². The molecule has 15 heavy (non-hydrogen) atoms. The van der Waals surface area contributed by atoms with Crippen LogP contribution in [0.15, 0.2) is 24.3 Å². The van der Waals surface area contributed by atoms with Gasteiger partial charge in [-0.1, -0.05) is 29.8 Å². The molecule has 82 valence electrons. The summed E-state index contributed by atoms with van der Waals surface area (Å²) < 4.78 is 0. The number of benzene rings is 1. The Morgan fingerprint density at radius 2 is 2.13 bits per heavy atom. The second-order valence-electron chi connectivity index (χ2n) is 4.10. The van der Waals surface area contributed by atoms with Crippen LogP contribution in [0.2, 0.25) is 5.02 Å². The van der Waals surface area contributed by atoms with Gasteiger partial charge in [-0.15, -0.1) is 0 Å². The van der Waals surface area contributed by atoms with Crippen molar-refractivity contribution in [2.24, 2.45) is 5.73 Å².